The van der Waals surface area contributed by atoms with E-state index < -0.39 is 0 Å². The lowest BCUT2D eigenvalue weighted by molar-refractivity contribution is -0.147. The first-order valence-electron chi connectivity index (χ1n) is 5.36. The normalized spacial score (nSPS) is 31.1. The van der Waals surface area contributed by atoms with Crippen LogP contribution in [-0.2, 0) is 9.53 Å². The number of rotatable bonds is 2. The van der Waals surface area contributed by atoms with Gasteiger partial charge in [0.15, 0.2) is 0 Å². The van der Waals surface area contributed by atoms with Crippen LogP contribution in [0, 0.1) is 11.8 Å². The molecule has 0 aromatic carbocycles. The van der Waals surface area contributed by atoms with Crippen molar-refractivity contribution in [2.45, 2.75) is 33.2 Å². The third-order valence-corrected chi connectivity index (χ3v) is 2.99. The van der Waals surface area contributed by atoms with Crippen LogP contribution in [0.3, 0.4) is 0 Å². The second-order valence-electron chi connectivity index (χ2n) is 4.60. The standard InChI is InChI=1S/C11H21NO2/c1-8-5-9(2)7-12(6-8)10(3)11(13)14-4/h8-10H,5-7H2,1-4H3/t8-,9+,10-/m0/s1. The van der Waals surface area contributed by atoms with E-state index in [0.29, 0.717) is 11.8 Å². The summed E-state index contributed by atoms with van der Waals surface area (Å²) >= 11 is 0. The number of likely N-dealkylation sites (tertiary alicyclic amines) is 1. The number of hydrogen-bond donors (Lipinski definition) is 0. The minimum Gasteiger partial charge on any atom is -0.468 e. The van der Waals surface area contributed by atoms with Gasteiger partial charge in [0.25, 0.3) is 0 Å². The summed E-state index contributed by atoms with van der Waals surface area (Å²) in [7, 11) is 1.45. The molecule has 0 spiro atoms. The Bertz CT molecular complexity index is 195. The second kappa shape index (κ2) is 4.78. The van der Waals surface area contributed by atoms with Crippen LogP contribution in [0.1, 0.15) is 27.2 Å². The molecule has 0 aromatic heterocycles. The van der Waals surface area contributed by atoms with Gasteiger partial charge in [0.2, 0.25) is 0 Å². The third kappa shape index (κ3) is 2.71. The minimum absolute atomic E-state index is 0.0924. The fourth-order valence-electron chi connectivity index (χ4n) is 2.35. The van der Waals surface area contributed by atoms with Gasteiger partial charge in [-0.3, -0.25) is 9.69 Å². The molecule has 1 aliphatic rings. The predicted molar refractivity (Wildman–Crippen MR) is 56.0 cm³/mol. The van der Waals surface area contributed by atoms with Gasteiger partial charge in [-0.2, -0.15) is 0 Å². The number of hydrogen-bond acceptors (Lipinski definition) is 3. The van der Waals surface area contributed by atoms with Crippen molar-refractivity contribution in [3.63, 3.8) is 0 Å². The Morgan fingerprint density at radius 3 is 2.29 bits per heavy atom. The first kappa shape index (κ1) is 11.5. The topological polar surface area (TPSA) is 29.5 Å². The maximum Gasteiger partial charge on any atom is 0.322 e. The molecule has 0 aliphatic carbocycles. The molecular formula is C11H21NO2. The fourth-order valence-corrected chi connectivity index (χ4v) is 2.35. The predicted octanol–water partition coefficient (Wildman–Crippen LogP) is 1.53. The number of methoxy groups -OCH3 is 1. The molecule has 82 valence electrons. The summed E-state index contributed by atoms with van der Waals surface area (Å²) in [4.78, 5) is 13.6. The summed E-state index contributed by atoms with van der Waals surface area (Å²) in [6, 6.07) is -0.0924. The summed E-state index contributed by atoms with van der Waals surface area (Å²) in [5, 5.41) is 0. The van der Waals surface area contributed by atoms with Gasteiger partial charge in [-0.25, -0.2) is 0 Å². The van der Waals surface area contributed by atoms with E-state index in [9.17, 15) is 4.79 Å². The highest BCUT2D eigenvalue weighted by Gasteiger charge is 2.28. The molecule has 0 amide bonds. The molecule has 3 nitrogen and oxygen atoms in total. The number of carbonyl (C=O) groups excluding carboxylic acids is 1. The molecule has 3 atom stereocenters. The first-order chi connectivity index (χ1) is 6.54. The van der Waals surface area contributed by atoms with Gasteiger partial charge in [-0.05, 0) is 25.2 Å². The average Bonchev–Trinajstić information content (AvgIpc) is 2.14. The van der Waals surface area contributed by atoms with Crippen molar-refractivity contribution in [3.05, 3.63) is 0 Å². The Morgan fingerprint density at radius 1 is 1.36 bits per heavy atom. The zero-order chi connectivity index (χ0) is 10.7. The SMILES string of the molecule is COC(=O)[C@H](C)N1C[C@H](C)C[C@H](C)C1. The summed E-state index contributed by atoms with van der Waals surface area (Å²) in [5.41, 5.74) is 0. The number of nitrogens with zero attached hydrogens (tertiary/aromatic N) is 1. The molecule has 0 N–H and O–H groups in total. The highest BCUT2D eigenvalue weighted by atomic mass is 16.5. The van der Waals surface area contributed by atoms with Gasteiger partial charge in [0, 0.05) is 13.1 Å². The summed E-state index contributed by atoms with van der Waals surface area (Å²) in [5.74, 6) is 1.25. The highest BCUT2D eigenvalue weighted by molar-refractivity contribution is 5.75. The molecule has 1 fully saturated rings. The van der Waals surface area contributed by atoms with E-state index in [1.54, 1.807) is 0 Å². The van der Waals surface area contributed by atoms with Crippen molar-refractivity contribution in [1.82, 2.24) is 4.90 Å². The molecule has 0 radical (unpaired) electrons. The Labute approximate surface area is 86.4 Å². The molecule has 0 saturated carbocycles. The molecule has 1 rings (SSSR count). The van der Waals surface area contributed by atoms with E-state index in [1.807, 2.05) is 6.92 Å². The summed E-state index contributed by atoms with van der Waals surface area (Å²) in [6.07, 6.45) is 1.27. The zero-order valence-corrected chi connectivity index (χ0v) is 9.62. The Hall–Kier alpha value is -0.570. The number of esters is 1. The van der Waals surface area contributed by atoms with Gasteiger partial charge in [0.05, 0.1) is 7.11 Å². The van der Waals surface area contributed by atoms with Crippen LogP contribution < -0.4 is 0 Å². The smallest absolute Gasteiger partial charge is 0.322 e. The van der Waals surface area contributed by atoms with E-state index in [2.05, 4.69) is 18.7 Å². The fraction of sp³-hybridized carbons (Fsp3) is 0.909. The van der Waals surface area contributed by atoms with Crippen molar-refractivity contribution in [3.8, 4) is 0 Å². The van der Waals surface area contributed by atoms with E-state index >= 15 is 0 Å². The van der Waals surface area contributed by atoms with Crippen molar-refractivity contribution in [1.29, 1.82) is 0 Å². The van der Waals surface area contributed by atoms with Gasteiger partial charge < -0.3 is 4.74 Å². The van der Waals surface area contributed by atoms with E-state index in [1.165, 1.54) is 13.5 Å². The van der Waals surface area contributed by atoms with Crippen LogP contribution in [0.2, 0.25) is 0 Å². The maximum atomic E-state index is 11.4. The number of ether oxygens (including phenoxy) is 1. The molecule has 1 saturated heterocycles. The van der Waals surface area contributed by atoms with Gasteiger partial charge in [0.1, 0.15) is 6.04 Å². The molecule has 0 aromatic rings. The Kier molecular flexibility index (Phi) is 3.93. The lowest BCUT2D eigenvalue weighted by Crippen LogP contribution is -2.47. The van der Waals surface area contributed by atoms with Crippen LogP contribution in [0.4, 0.5) is 0 Å². The third-order valence-electron chi connectivity index (χ3n) is 2.99. The highest BCUT2D eigenvalue weighted by Crippen LogP contribution is 2.22. The molecule has 3 heteroatoms. The second-order valence-corrected chi connectivity index (χ2v) is 4.60. The van der Waals surface area contributed by atoms with Crippen molar-refractivity contribution in [2.24, 2.45) is 11.8 Å². The Morgan fingerprint density at radius 2 is 1.86 bits per heavy atom. The number of piperidine rings is 1. The van der Waals surface area contributed by atoms with Gasteiger partial charge >= 0.3 is 5.97 Å². The summed E-state index contributed by atoms with van der Waals surface area (Å²) in [6.45, 7) is 8.44. The van der Waals surface area contributed by atoms with Gasteiger partial charge in [-0.1, -0.05) is 13.8 Å². The van der Waals surface area contributed by atoms with E-state index in [4.69, 9.17) is 4.74 Å². The van der Waals surface area contributed by atoms with Crippen LogP contribution in [0.5, 0.6) is 0 Å². The van der Waals surface area contributed by atoms with Gasteiger partial charge in [-0.15, -0.1) is 0 Å². The van der Waals surface area contributed by atoms with Crippen molar-refractivity contribution >= 4 is 5.97 Å². The van der Waals surface area contributed by atoms with Crippen LogP contribution in [0.15, 0.2) is 0 Å². The van der Waals surface area contributed by atoms with Crippen LogP contribution in [-0.4, -0.2) is 37.1 Å². The van der Waals surface area contributed by atoms with Crippen molar-refractivity contribution < 1.29 is 9.53 Å². The molecule has 1 aliphatic heterocycles. The largest absolute Gasteiger partial charge is 0.468 e. The number of carbonyl (C=O) groups is 1. The van der Waals surface area contributed by atoms with Crippen molar-refractivity contribution in [2.75, 3.05) is 20.2 Å². The first-order valence-corrected chi connectivity index (χ1v) is 5.36. The van der Waals surface area contributed by atoms with Crippen LogP contribution >= 0.6 is 0 Å². The Balaban J connectivity index is 2.54. The van der Waals surface area contributed by atoms with Crippen LogP contribution in [0.25, 0.3) is 0 Å². The van der Waals surface area contributed by atoms with E-state index in [-0.39, 0.29) is 12.0 Å². The molecular weight excluding hydrogens is 178 g/mol. The minimum atomic E-state index is -0.119. The maximum absolute atomic E-state index is 11.4. The quantitative estimate of drug-likeness (QED) is 0.632. The van der Waals surface area contributed by atoms with E-state index in [0.717, 1.165) is 13.1 Å². The monoisotopic (exact) mass is 199 g/mol. The molecule has 1 heterocycles. The average molecular weight is 199 g/mol. The summed E-state index contributed by atoms with van der Waals surface area (Å²) < 4.78 is 4.76. The molecule has 14 heavy (non-hydrogen) atoms. The lowest BCUT2D eigenvalue weighted by Gasteiger charge is -2.37. The molecule has 0 bridgehead atoms. The molecule has 0 unspecified atom stereocenters. The lowest BCUT2D eigenvalue weighted by atomic mass is 9.91. The zero-order valence-electron chi connectivity index (χ0n) is 9.62.